The Hall–Kier alpha value is -1.79. The fourth-order valence-electron chi connectivity index (χ4n) is 3.22. The second kappa shape index (κ2) is 8.54. The molecule has 3 rings (SSSR count). The van der Waals surface area contributed by atoms with Gasteiger partial charge in [-0.25, -0.2) is 0 Å². The van der Waals surface area contributed by atoms with Gasteiger partial charge < -0.3 is 14.5 Å². The third-order valence-corrected chi connectivity index (χ3v) is 5.19. The van der Waals surface area contributed by atoms with Crippen LogP contribution in [0.1, 0.15) is 41.4 Å². The van der Waals surface area contributed by atoms with Gasteiger partial charge in [0.2, 0.25) is 0 Å². The first kappa shape index (κ1) is 18.0. The SMILES string of the molecule is COc1ccc(C(=O)NCC(c2ccco2)N2CCCCC2)cc1Br. The third kappa shape index (κ3) is 4.44. The van der Waals surface area contributed by atoms with Crippen molar-refractivity contribution < 1.29 is 13.9 Å². The molecule has 1 atom stereocenters. The predicted molar refractivity (Wildman–Crippen MR) is 99.9 cm³/mol. The highest BCUT2D eigenvalue weighted by Gasteiger charge is 2.25. The Bertz CT molecular complexity index is 697. The van der Waals surface area contributed by atoms with E-state index in [9.17, 15) is 4.79 Å². The molecule has 0 bridgehead atoms. The number of methoxy groups -OCH3 is 1. The van der Waals surface area contributed by atoms with E-state index in [0.717, 1.165) is 23.3 Å². The van der Waals surface area contributed by atoms with Gasteiger partial charge in [-0.1, -0.05) is 6.42 Å². The van der Waals surface area contributed by atoms with Crippen LogP contribution in [0.25, 0.3) is 0 Å². The number of carbonyl (C=O) groups excluding carboxylic acids is 1. The summed E-state index contributed by atoms with van der Waals surface area (Å²) < 4.78 is 11.6. The van der Waals surface area contributed by atoms with Gasteiger partial charge in [0.1, 0.15) is 11.5 Å². The van der Waals surface area contributed by atoms with E-state index in [-0.39, 0.29) is 11.9 Å². The summed E-state index contributed by atoms with van der Waals surface area (Å²) >= 11 is 3.42. The Labute approximate surface area is 156 Å². The van der Waals surface area contributed by atoms with Crippen molar-refractivity contribution in [2.45, 2.75) is 25.3 Å². The third-order valence-electron chi connectivity index (χ3n) is 4.57. The monoisotopic (exact) mass is 406 g/mol. The molecule has 25 heavy (non-hydrogen) atoms. The number of furan rings is 1. The lowest BCUT2D eigenvalue weighted by atomic mass is 10.1. The van der Waals surface area contributed by atoms with E-state index in [4.69, 9.17) is 9.15 Å². The molecule has 0 radical (unpaired) electrons. The molecule has 1 aliphatic heterocycles. The van der Waals surface area contributed by atoms with Gasteiger partial charge in [-0.15, -0.1) is 0 Å². The Kier molecular flexibility index (Phi) is 6.15. The smallest absolute Gasteiger partial charge is 0.251 e. The number of likely N-dealkylation sites (tertiary alicyclic amines) is 1. The van der Waals surface area contributed by atoms with Gasteiger partial charge in [0.05, 0.1) is 23.9 Å². The molecule has 0 spiro atoms. The maximum atomic E-state index is 12.5. The molecular weight excluding hydrogens is 384 g/mol. The van der Waals surface area contributed by atoms with Crippen LogP contribution in [0.5, 0.6) is 5.75 Å². The van der Waals surface area contributed by atoms with Crippen LogP contribution in [-0.2, 0) is 0 Å². The summed E-state index contributed by atoms with van der Waals surface area (Å²) in [4.78, 5) is 14.9. The summed E-state index contributed by atoms with van der Waals surface area (Å²) in [6.07, 6.45) is 5.34. The van der Waals surface area contributed by atoms with E-state index in [1.165, 1.54) is 19.3 Å². The molecule has 1 amide bonds. The molecule has 0 aliphatic carbocycles. The lowest BCUT2D eigenvalue weighted by Crippen LogP contribution is -2.40. The first-order valence-electron chi connectivity index (χ1n) is 8.58. The zero-order valence-electron chi connectivity index (χ0n) is 14.3. The van der Waals surface area contributed by atoms with Gasteiger partial charge in [-0.3, -0.25) is 9.69 Å². The summed E-state index contributed by atoms with van der Waals surface area (Å²) in [7, 11) is 1.60. The Balaban J connectivity index is 1.68. The number of carbonyl (C=O) groups is 1. The standard InChI is InChI=1S/C19H23BrN2O3/c1-24-17-8-7-14(12-15(17)20)19(23)21-13-16(18-6-5-11-25-18)22-9-3-2-4-10-22/h5-8,11-12,16H,2-4,9-10,13H2,1H3,(H,21,23). The van der Waals surface area contributed by atoms with Crippen LogP contribution in [0.3, 0.4) is 0 Å². The van der Waals surface area contributed by atoms with Crippen molar-refractivity contribution in [1.29, 1.82) is 0 Å². The molecule has 1 fully saturated rings. The van der Waals surface area contributed by atoms with Crippen LogP contribution >= 0.6 is 15.9 Å². The first-order valence-corrected chi connectivity index (χ1v) is 9.37. The van der Waals surface area contributed by atoms with E-state index in [1.807, 2.05) is 12.1 Å². The first-order chi connectivity index (χ1) is 12.2. The lowest BCUT2D eigenvalue weighted by Gasteiger charge is -2.33. The van der Waals surface area contributed by atoms with Crippen LogP contribution in [0.4, 0.5) is 0 Å². The molecule has 5 nitrogen and oxygen atoms in total. The number of halogens is 1. The summed E-state index contributed by atoms with van der Waals surface area (Å²) in [6, 6.07) is 9.28. The highest BCUT2D eigenvalue weighted by Crippen LogP contribution is 2.26. The molecule has 2 aromatic rings. The maximum absolute atomic E-state index is 12.5. The van der Waals surface area contributed by atoms with Crippen molar-refractivity contribution in [3.05, 3.63) is 52.4 Å². The minimum Gasteiger partial charge on any atom is -0.496 e. The van der Waals surface area contributed by atoms with Crippen molar-refractivity contribution in [2.75, 3.05) is 26.7 Å². The fraction of sp³-hybridized carbons (Fsp3) is 0.421. The molecule has 6 heteroatoms. The average Bonchev–Trinajstić information content (AvgIpc) is 3.17. The number of nitrogens with zero attached hydrogens (tertiary/aromatic N) is 1. The van der Waals surface area contributed by atoms with Gasteiger partial charge >= 0.3 is 0 Å². The zero-order valence-corrected chi connectivity index (χ0v) is 15.9. The second-order valence-corrected chi connectivity index (χ2v) is 7.04. The second-order valence-electron chi connectivity index (χ2n) is 6.19. The number of hydrogen-bond acceptors (Lipinski definition) is 4. The Morgan fingerprint density at radius 1 is 1.32 bits per heavy atom. The number of piperidine rings is 1. The number of hydrogen-bond donors (Lipinski definition) is 1. The predicted octanol–water partition coefficient (Wildman–Crippen LogP) is 4.01. The molecule has 1 aliphatic rings. The molecule has 0 saturated carbocycles. The Morgan fingerprint density at radius 3 is 2.76 bits per heavy atom. The molecule has 134 valence electrons. The van der Waals surface area contributed by atoms with Gasteiger partial charge in [-0.2, -0.15) is 0 Å². The van der Waals surface area contributed by atoms with Gasteiger partial charge in [0.25, 0.3) is 5.91 Å². The molecule has 1 aromatic carbocycles. The minimum absolute atomic E-state index is 0.0703. The average molecular weight is 407 g/mol. The molecule has 1 unspecified atom stereocenters. The van der Waals surface area contributed by atoms with E-state index < -0.39 is 0 Å². The van der Waals surface area contributed by atoms with Crippen LogP contribution in [0.15, 0.2) is 45.5 Å². The van der Waals surface area contributed by atoms with Crippen LogP contribution < -0.4 is 10.1 Å². The zero-order chi connectivity index (χ0) is 17.6. The molecular formula is C19H23BrN2O3. The topological polar surface area (TPSA) is 54.7 Å². The van der Waals surface area contributed by atoms with Crippen LogP contribution in [-0.4, -0.2) is 37.6 Å². The van der Waals surface area contributed by atoms with Crippen LogP contribution in [0, 0.1) is 0 Å². The highest BCUT2D eigenvalue weighted by atomic mass is 79.9. The summed E-state index contributed by atoms with van der Waals surface area (Å²) in [5, 5.41) is 3.05. The normalized spacial score (nSPS) is 16.4. The summed E-state index contributed by atoms with van der Waals surface area (Å²) in [5.41, 5.74) is 0.601. The molecule has 1 saturated heterocycles. The summed E-state index contributed by atoms with van der Waals surface area (Å²) in [6.45, 7) is 2.60. The fourth-order valence-corrected chi connectivity index (χ4v) is 3.76. The van der Waals surface area contributed by atoms with Gasteiger partial charge in [-0.05, 0) is 72.2 Å². The largest absolute Gasteiger partial charge is 0.496 e. The van der Waals surface area contributed by atoms with E-state index in [0.29, 0.717) is 17.9 Å². The molecule has 1 aromatic heterocycles. The molecule has 2 heterocycles. The number of rotatable bonds is 6. The van der Waals surface area contributed by atoms with Crippen molar-refractivity contribution in [1.82, 2.24) is 10.2 Å². The lowest BCUT2D eigenvalue weighted by molar-refractivity contribution is 0.0914. The van der Waals surface area contributed by atoms with E-state index >= 15 is 0 Å². The van der Waals surface area contributed by atoms with Crippen molar-refractivity contribution in [3.63, 3.8) is 0 Å². The maximum Gasteiger partial charge on any atom is 0.251 e. The minimum atomic E-state index is -0.100. The van der Waals surface area contributed by atoms with E-state index in [2.05, 4.69) is 26.1 Å². The number of nitrogens with one attached hydrogen (secondary N) is 1. The quantitative estimate of drug-likeness (QED) is 0.787. The molecule has 1 N–H and O–H groups in total. The summed E-state index contributed by atoms with van der Waals surface area (Å²) in [5.74, 6) is 1.51. The van der Waals surface area contributed by atoms with E-state index in [1.54, 1.807) is 31.6 Å². The number of amides is 1. The number of benzene rings is 1. The van der Waals surface area contributed by atoms with Crippen molar-refractivity contribution in [2.24, 2.45) is 0 Å². The van der Waals surface area contributed by atoms with Gasteiger partial charge in [0, 0.05) is 12.1 Å². The van der Waals surface area contributed by atoms with Gasteiger partial charge in [0.15, 0.2) is 0 Å². The Morgan fingerprint density at radius 2 is 2.12 bits per heavy atom. The van der Waals surface area contributed by atoms with Crippen molar-refractivity contribution in [3.8, 4) is 5.75 Å². The highest BCUT2D eigenvalue weighted by molar-refractivity contribution is 9.10. The number of ether oxygens (including phenoxy) is 1. The van der Waals surface area contributed by atoms with Crippen molar-refractivity contribution >= 4 is 21.8 Å². The van der Waals surface area contributed by atoms with Crippen LogP contribution in [0.2, 0.25) is 0 Å².